The van der Waals surface area contributed by atoms with E-state index < -0.39 is 0 Å². The second-order valence-corrected chi connectivity index (χ2v) is 5.56. The quantitative estimate of drug-likeness (QED) is 0.657. The first-order valence-electron chi connectivity index (χ1n) is 6.10. The van der Waals surface area contributed by atoms with Crippen molar-refractivity contribution in [1.29, 1.82) is 0 Å². The maximum Gasteiger partial charge on any atom is 0.292 e. The lowest BCUT2D eigenvalue weighted by molar-refractivity contribution is -0.888. The van der Waals surface area contributed by atoms with E-state index in [0.717, 1.165) is 9.37 Å². The minimum Gasteiger partial charge on any atom is -0.323 e. The number of nitrogens with one attached hydrogen (secondary N) is 1. The van der Waals surface area contributed by atoms with Crippen LogP contribution in [-0.4, -0.2) is 31.4 Å². The number of imide groups is 1. The Morgan fingerprint density at radius 2 is 2.05 bits per heavy atom. The number of benzene rings is 1. The summed E-state index contributed by atoms with van der Waals surface area (Å²) < 4.78 is 0.918. The molecule has 0 spiro atoms. The summed E-state index contributed by atoms with van der Waals surface area (Å²) in [6.45, 7) is 4.33. The van der Waals surface area contributed by atoms with E-state index >= 15 is 0 Å². The Balaban J connectivity index is 2.23. The minimum absolute atomic E-state index is 0.133. The summed E-state index contributed by atoms with van der Waals surface area (Å²) in [6, 6.07) is 6.87. The monoisotopic (exact) mass is 323 g/mol. The van der Waals surface area contributed by atoms with Crippen molar-refractivity contribution in [3.8, 4) is 0 Å². The van der Waals surface area contributed by atoms with E-state index in [0.29, 0.717) is 12.2 Å². The largest absolute Gasteiger partial charge is 0.323 e. The number of carbonyl (C=O) groups is 2. The van der Waals surface area contributed by atoms with Crippen molar-refractivity contribution in [3.05, 3.63) is 41.4 Å². The Hall–Kier alpha value is -1.46. The van der Waals surface area contributed by atoms with Crippen LogP contribution in [0.4, 0.5) is 5.69 Å². The second kappa shape index (κ2) is 5.67. The van der Waals surface area contributed by atoms with Crippen molar-refractivity contribution < 1.29 is 14.5 Å². The van der Waals surface area contributed by atoms with Crippen molar-refractivity contribution in [3.63, 3.8) is 0 Å². The lowest BCUT2D eigenvalue weighted by Gasteiger charge is -2.18. The number of quaternary nitrogens is 1. The number of nitrogens with zero attached hydrogens (tertiary/aromatic N) is 1. The summed E-state index contributed by atoms with van der Waals surface area (Å²) >= 11 is 3.34. The molecule has 0 saturated carbocycles. The first-order valence-corrected chi connectivity index (χ1v) is 6.89. The van der Waals surface area contributed by atoms with Crippen LogP contribution in [0.1, 0.15) is 6.42 Å². The maximum atomic E-state index is 12.4. The van der Waals surface area contributed by atoms with E-state index in [4.69, 9.17) is 0 Å². The normalized spacial score (nSPS) is 20.7. The van der Waals surface area contributed by atoms with E-state index in [-0.39, 0.29) is 24.3 Å². The predicted octanol–water partition coefficient (Wildman–Crippen LogP) is 0.782. The summed E-state index contributed by atoms with van der Waals surface area (Å²) in [7, 11) is 1.91. The number of anilines is 1. The van der Waals surface area contributed by atoms with E-state index in [9.17, 15) is 9.59 Å². The zero-order valence-electron chi connectivity index (χ0n) is 10.7. The van der Waals surface area contributed by atoms with E-state index in [2.05, 4.69) is 22.5 Å². The molecule has 0 bridgehead atoms. The smallest absolute Gasteiger partial charge is 0.292 e. The molecule has 100 valence electrons. The molecule has 2 atom stereocenters. The third kappa shape index (κ3) is 2.77. The molecule has 5 heteroatoms. The fourth-order valence-corrected chi connectivity index (χ4v) is 2.51. The summed E-state index contributed by atoms with van der Waals surface area (Å²) in [5.74, 6) is -0.271. The molecule has 1 saturated heterocycles. The molecule has 4 nitrogen and oxygen atoms in total. The fourth-order valence-electron chi connectivity index (χ4n) is 2.25. The highest BCUT2D eigenvalue weighted by Crippen LogP contribution is 2.23. The molecule has 0 aromatic heterocycles. The van der Waals surface area contributed by atoms with E-state index in [1.165, 1.54) is 4.90 Å². The summed E-state index contributed by atoms with van der Waals surface area (Å²) in [4.78, 5) is 26.7. The Labute approximate surface area is 120 Å². The zero-order chi connectivity index (χ0) is 14.0. The summed E-state index contributed by atoms with van der Waals surface area (Å²) in [6.07, 6.45) is 2.02. The average Bonchev–Trinajstić information content (AvgIpc) is 2.67. The molecule has 0 radical (unpaired) electrons. The number of carbonyl (C=O) groups excluding carboxylic acids is 2. The third-order valence-electron chi connectivity index (χ3n) is 3.29. The van der Waals surface area contributed by atoms with E-state index in [1.807, 2.05) is 19.2 Å². The Morgan fingerprint density at radius 1 is 1.42 bits per heavy atom. The number of rotatable bonds is 4. The van der Waals surface area contributed by atoms with E-state index in [1.54, 1.807) is 18.2 Å². The van der Waals surface area contributed by atoms with Crippen LogP contribution < -0.4 is 9.80 Å². The SMILES string of the molecule is C=CC[NH+](C)[C@H]1CC(=O)N(c2ccc(Br)cc2)C1=O. The third-order valence-corrected chi connectivity index (χ3v) is 3.82. The lowest BCUT2D eigenvalue weighted by Crippen LogP contribution is -3.13. The number of likely N-dealkylation sites (N-methyl/N-ethyl adjacent to an activating group) is 1. The van der Waals surface area contributed by atoms with Crippen LogP contribution in [0.15, 0.2) is 41.4 Å². The maximum absolute atomic E-state index is 12.4. The van der Waals surface area contributed by atoms with Gasteiger partial charge >= 0.3 is 0 Å². The van der Waals surface area contributed by atoms with Gasteiger partial charge in [-0.1, -0.05) is 22.5 Å². The zero-order valence-corrected chi connectivity index (χ0v) is 12.3. The van der Waals surface area contributed by atoms with Gasteiger partial charge in [-0.05, 0) is 30.3 Å². The highest BCUT2D eigenvalue weighted by atomic mass is 79.9. The van der Waals surface area contributed by atoms with Crippen molar-refractivity contribution in [2.75, 3.05) is 18.5 Å². The Morgan fingerprint density at radius 3 is 2.63 bits per heavy atom. The highest BCUT2D eigenvalue weighted by molar-refractivity contribution is 9.10. The second-order valence-electron chi connectivity index (χ2n) is 4.64. The number of halogens is 1. The number of amides is 2. The lowest BCUT2D eigenvalue weighted by atomic mass is 10.2. The van der Waals surface area contributed by atoms with Gasteiger partial charge in [0, 0.05) is 4.47 Å². The molecular formula is C14H16BrN2O2+. The number of hydrogen-bond acceptors (Lipinski definition) is 2. The first kappa shape index (κ1) is 14.0. The molecule has 1 unspecified atom stereocenters. The van der Waals surface area contributed by atoms with Crippen LogP contribution in [-0.2, 0) is 9.59 Å². The molecular weight excluding hydrogens is 308 g/mol. The van der Waals surface area contributed by atoms with Crippen LogP contribution in [0.5, 0.6) is 0 Å². The molecule has 19 heavy (non-hydrogen) atoms. The van der Waals surface area contributed by atoms with Crippen LogP contribution in [0.25, 0.3) is 0 Å². The Bertz CT molecular complexity index is 513. The molecule has 1 N–H and O–H groups in total. The van der Waals surface area contributed by atoms with Gasteiger partial charge in [0.2, 0.25) is 5.91 Å². The molecule has 1 aliphatic heterocycles. The molecule has 0 aliphatic carbocycles. The number of hydrogen-bond donors (Lipinski definition) is 1. The average molecular weight is 324 g/mol. The van der Waals surface area contributed by atoms with Crippen LogP contribution >= 0.6 is 15.9 Å². The molecule has 1 aliphatic rings. The van der Waals surface area contributed by atoms with Crippen molar-refractivity contribution in [2.24, 2.45) is 0 Å². The highest BCUT2D eigenvalue weighted by Gasteiger charge is 2.44. The first-order chi connectivity index (χ1) is 9.04. The summed E-state index contributed by atoms with van der Waals surface area (Å²) in [5.41, 5.74) is 0.632. The van der Waals surface area contributed by atoms with Crippen molar-refractivity contribution in [1.82, 2.24) is 0 Å². The van der Waals surface area contributed by atoms with Crippen LogP contribution in [0, 0.1) is 0 Å². The van der Waals surface area contributed by atoms with Gasteiger partial charge < -0.3 is 4.90 Å². The molecule has 1 aromatic rings. The van der Waals surface area contributed by atoms with Crippen LogP contribution in [0.3, 0.4) is 0 Å². The Kier molecular flexibility index (Phi) is 4.17. The topological polar surface area (TPSA) is 41.8 Å². The van der Waals surface area contributed by atoms with Gasteiger partial charge in [-0.3, -0.25) is 9.59 Å². The van der Waals surface area contributed by atoms with Gasteiger partial charge in [-0.25, -0.2) is 4.90 Å². The van der Waals surface area contributed by atoms with Crippen molar-refractivity contribution in [2.45, 2.75) is 12.5 Å². The van der Waals surface area contributed by atoms with Crippen LogP contribution in [0.2, 0.25) is 0 Å². The van der Waals surface area contributed by atoms with Gasteiger partial charge in [0.25, 0.3) is 5.91 Å². The standard InChI is InChI=1S/C14H15BrN2O2/c1-3-8-16(2)12-9-13(18)17(14(12)19)11-6-4-10(15)5-7-11/h3-7,12H,1,8-9H2,2H3/p+1/t12-/m0/s1. The molecule has 2 amide bonds. The summed E-state index contributed by atoms with van der Waals surface area (Å²) in [5, 5.41) is 0. The predicted molar refractivity (Wildman–Crippen MR) is 77.0 cm³/mol. The molecule has 2 rings (SSSR count). The van der Waals surface area contributed by atoms with Gasteiger partial charge in [0.1, 0.15) is 0 Å². The van der Waals surface area contributed by atoms with Gasteiger partial charge in [0.15, 0.2) is 6.04 Å². The molecule has 1 aromatic carbocycles. The van der Waals surface area contributed by atoms with Gasteiger partial charge in [-0.15, -0.1) is 0 Å². The van der Waals surface area contributed by atoms with Crippen molar-refractivity contribution >= 4 is 33.4 Å². The molecule has 1 heterocycles. The molecule has 1 fully saturated rings. The minimum atomic E-state index is -0.311. The fraction of sp³-hybridized carbons (Fsp3) is 0.286. The van der Waals surface area contributed by atoms with Gasteiger partial charge in [-0.2, -0.15) is 0 Å². The van der Waals surface area contributed by atoms with Gasteiger partial charge in [0.05, 0.1) is 25.7 Å².